The second kappa shape index (κ2) is 5.44. The lowest BCUT2D eigenvalue weighted by molar-refractivity contribution is 0.0697. The van der Waals surface area contributed by atoms with Gasteiger partial charge in [0.05, 0.1) is 11.1 Å². The topological polar surface area (TPSA) is 76.2 Å². The Labute approximate surface area is 127 Å². The van der Waals surface area contributed by atoms with Gasteiger partial charge in [0.15, 0.2) is 0 Å². The second-order valence-electron chi connectivity index (χ2n) is 5.14. The van der Waals surface area contributed by atoms with Crippen LogP contribution in [-0.4, -0.2) is 21.3 Å². The summed E-state index contributed by atoms with van der Waals surface area (Å²) < 4.78 is 5.67. The lowest BCUT2D eigenvalue weighted by Crippen LogP contribution is -1.98. The van der Waals surface area contributed by atoms with Gasteiger partial charge < -0.3 is 9.52 Å². The van der Waals surface area contributed by atoms with Gasteiger partial charge in [-0.1, -0.05) is 29.3 Å². The van der Waals surface area contributed by atoms with Crippen molar-refractivity contribution < 1.29 is 14.3 Å². The van der Waals surface area contributed by atoms with E-state index in [0.717, 1.165) is 16.7 Å². The molecule has 1 aromatic heterocycles. The number of carboxylic acid groups (broad SMARTS) is 1. The lowest BCUT2D eigenvalue weighted by Gasteiger charge is -2.01. The van der Waals surface area contributed by atoms with E-state index in [1.54, 1.807) is 18.2 Å². The molecule has 1 heterocycles. The monoisotopic (exact) mass is 294 g/mol. The number of aromatic carboxylic acids is 1. The Balaban J connectivity index is 2.06. The number of carbonyl (C=O) groups is 1. The quantitative estimate of drug-likeness (QED) is 0.796. The highest BCUT2D eigenvalue weighted by molar-refractivity contribution is 5.94. The lowest BCUT2D eigenvalue weighted by atomic mass is 10.1. The molecule has 5 heteroatoms. The van der Waals surface area contributed by atoms with Crippen LogP contribution in [0.15, 0.2) is 46.9 Å². The van der Waals surface area contributed by atoms with Gasteiger partial charge in [-0.25, -0.2) is 4.79 Å². The van der Waals surface area contributed by atoms with E-state index >= 15 is 0 Å². The van der Waals surface area contributed by atoms with Crippen molar-refractivity contribution >= 4 is 5.97 Å². The average Bonchev–Trinajstić information content (AvgIpc) is 2.96. The summed E-state index contributed by atoms with van der Waals surface area (Å²) in [5.41, 5.74) is 3.57. The third-order valence-electron chi connectivity index (χ3n) is 3.28. The summed E-state index contributed by atoms with van der Waals surface area (Å²) >= 11 is 0. The smallest absolute Gasteiger partial charge is 0.336 e. The molecule has 5 nitrogen and oxygen atoms in total. The van der Waals surface area contributed by atoms with E-state index in [0.29, 0.717) is 11.5 Å². The summed E-state index contributed by atoms with van der Waals surface area (Å²) in [4.78, 5) is 11.3. The fourth-order valence-corrected chi connectivity index (χ4v) is 2.40. The summed E-state index contributed by atoms with van der Waals surface area (Å²) in [5.74, 6) is -0.448. The highest BCUT2D eigenvalue weighted by Gasteiger charge is 2.17. The van der Waals surface area contributed by atoms with Crippen LogP contribution in [0.2, 0.25) is 0 Å². The van der Waals surface area contributed by atoms with E-state index in [9.17, 15) is 9.90 Å². The molecule has 0 spiro atoms. The number of benzene rings is 2. The van der Waals surface area contributed by atoms with Crippen LogP contribution >= 0.6 is 0 Å². The highest BCUT2D eigenvalue weighted by Crippen LogP contribution is 2.27. The van der Waals surface area contributed by atoms with Crippen molar-refractivity contribution in [2.75, 3.05) is 0 Å². The van der Waals surface area contributed by atoms with Crippen LogP contribution in [0.25, 0.3) is 22.9 Å². The highest BCUT2D eigenvalue weighted by atomic mass is 16.4. The summed E-state index contributed by atoms with van der Waals surface area (Å²) in [7, 11) is 0. The fourth-order valence-electron chi connectivity index (χ4n) is 2.40. The van der Waals surface area contributed by atoms with Crippen molar-refractivity contribution in [3.63, 3.8) is 0 Å². The van der Waals surface area contributed by atoms with E-state index in [1.807, 2.05) is 26.0 Å². The summed E-state index contributed by atoms with van der Waals surface area (Å²) in [5, 5.41) is 17.3. The first-order chi connectivity index (χ1) is 10.5. The third kappa shape index (κ3) is 2.61. The molecule has 0 amide bonds. The molecule has 0 aliphatic heterocycles. The number of hydrogen-bond acceptors (Lipinski definition) is 4. The van der Waals surface area contributed by atoms with Gasteiger partial charge in [-0.15, -0.1) is 10.2 Å². The fraction of sp³-hybridized carbons (Fsp3) is 0.118. The van der Waals surface area contributed by atoms with Crippen molar-refractivity contribution in [2.24, 2.45) is 0 Å². The molecule has 110 valence electrons. The summed E-state index contributed by atoms with van der Waals surface area (Å²) in [6, 6.07) is 12.5. The first-order valence-electron chi connectivity index (χ1n) is 6.79. The van der Waals surface area contributed by atoms with E-state index in [1.165, 1.54) is 6.07 Å². The van der Waals surface area contributed by atoms with Crippen LogP contribution in [0, 0.1) is 13.8 Å². The maximum Gasteiger partial charge on any atom is 0.336 e. The molecule has 0 aliphatic rings. The summed E-state index contributed by atoms with van der Waals surface area (Å²) in [6.07, 6.45) is 0. The van der Waals surface area contributed by atoms with Gasteiger partial charge in [0.2, 0.25) is 11.8 Å². The standard InChI is InChI=1S/C17H14N2O3/c1-10-7-11(2)9-12(8-10)15-18-19-16(22-15)13-5-3-4-6-14(13)17(20)21/h3-9H,1-2H3,(H,20,21). The van der Waals surface area contributed by atoms with Gasteiger partial charge in [0, 0.05) is 5.56 Å². The average molecular weight is 294 g/mol. The minimum atomic E-state index is -1.03. The normalized spacial score (nSPS) is 10.6. The largest absolute Gasteiger partial charge is 0.478 e. The Hall–Kier alpha value is -2.95. The predicted octanol–water partition coefficient (Wildman–Crippen LogP) is 3.72. The zero-order valence-corrected chi connectivity index (χ0v) is 12.2. The molecular weight excluding hydrogens is 280 g/mol. The molecule has 0 saturated carbocycles. The number of rotatable bonds is 3. The van der Waals surface area contributed by atoms with Crippen LogP contribution in [0.3, 0.4) is 0 Å². The third-order valence-corrected chi connectivity index (χ3v) is 3.28. The van der Waals surface area contributed by atoms with E-state index in [2.05, 4.69) is 16.3 Å². The maximum atomic E-state index is 11.3. The Morgan fingerprint density at radius 2 is 1.64 bits per heavy atom. The molecule has 0 aliphatic carbocycles. The van der Waals surface area contributed by atoms with Crippen molar-refractivity contribution in [3.8, 4) is 22.9 Å². The minimum absolute atomic E-state index is 0.137. The zero-order valence-electron chi connectivity index (χ0n) is 12.2. The van der Waals surface area contributed by atoms with Gasteiger partial charge in [0.1, 0.15) is 0 Å². The van der Waals surface area contributed by atoms with Gasteiger partial charge in [0.25, 0.3) is 0 Å². The van der Waals surface area contributed by atoms with Gasteiger partial charge in [-0.3, -0.25) is 0 Å². The molecule has 0 radical (unpaired) electrons. The van der Waals surface area contributed by atoms with E-state index < -0.39 is 5.97 Å². The van der Waals surface area contributed by atoms with Crippen LogP contribution in [0.4, 0.5) is 0 Å². The number of aromatic nitrogens is 2. The second-order valence-corrected chi connectivity index (χ2v) is 5.14. The van der Waals surface area contributed by atoms with Crippen molar-refractivity contribution in [1.82, 2.24) is 10.2 Å². The van der Waals surface area contributed by atoms with Crippen LogP contribution in [-0.2, 0) is 0 Å². The van der Waals surface area contributed by atoms with Crippen molar-refractivity contribution in [2.45, 2.75) is 13.8 Å². The Bertz CT molecular complexity index is 832. The number of hydrogen-bond donors (Lipinski definition) is 1. The van der Waals surface area contributed by atoms with Crippen molar-refractivity contribution in [3.05, 3.63) is 59.2 Å². The maximum absolute atomic E-state index is 11.3. The molecule has 22 heavy (non-hydrogen) atoms. The zero-order chi connectivity index (χ0) is 15.7. The van der Waals surface area contributed by atoms with Crippen molar-refractivity contribution in [1.29, 1.82) is 0 Å². The first-order valence-corrected chi connectivity index (χ1v) is 6.79. The van der Waals surface area contributed by atoms with Gasteiger partial charge in [-0.2, -0.15) is 0 Å². The van der Waals surface area contributed by atoms with Crippen LogP contribution in [0.1, 0.15) is 21.5 Å². The van der Waals surface area contributed by atoms with Gasteiger partial charge >= 0.3 is 5.97 Å². The Kier molecular flexibility index (Phi) is 3.47. The molecule has 3 rings (SSSR count). The van der Waals surface area contributed by atoms with Gasteiger partial charge in [-0.05, 0) is 38.1 Å². The predicted molar refractivity (Wildman–Crippen MR) is 81.6 cm³/mol. The SMILES string of the molecule is Cc1cc(C)cc(-c2nnc(-c3ccccc3C(=O)O)o2)c1. The number of aryl methyl sites for hydroxylation is 2. The molecule has 0 unspecified atom stereocenters. The Morgan fingerprint density at radius 3 is 2.32 bits per heavy atom. The molecular formula is C17H14N2O3. The van der Waals surface area contributed by atoms with Crippen LogP contribution < -0.4 is 0 Å². The molecule has 1 N–H and O–H groups in total. The van der Waals surface area contributed by atoms with E-state index in [4.69, 9.17) is 4.42 Å². The number of nitrogens with zero attached hydrogens (tertiary/aromatic N) is 2. The summed E-state index contributed by atoms with van der Waals surface area (Å²) in [6.45, 7) is 3.99. The number of carboxylic acids is 1. The van der Waals surface area contributed by atoms with Crippen LogP contribution in [0.5, 0.6) is 0 Å². The van der Waals surface area contributed by atoms with E-state index in [-0.39, 0.29) is 11.5 Å². The minimum Gasteiger partial charge on any atom is -0.478 e. The first kappa shape index (κ1) is 14.0. The molecule has 2 aromatic carbocycles. The molecule has 0 fully saturated rings. The molecule has 0 bridgehead atoms. The molecule has 0 atom stereocenters. The Morgan fingerprint density at radius 1 is 1.00 bits per heavy atom. The molecule has 3 aromatic rings. The molecule has 0 saturated heterocycles.